The molecular weight excluding hydrogens is 302 g/mol. The van der Waals surface area contributed by atoms with Crippen molar-refractivity contribution in [3.8, 4) is 0 Å². The van der Waals surface area contributed by atoms with Gasteiger partial charge in [-0.05, 0) is 66.0 Å². The van der Waals surface area contributed by atoms with E-state index in [9.17, 15) is 9.90 Å². The number of hydrogen-bond donors (Lipinski definition) is 1. The van der Waals surface area contributed by atoms with Gasteiger partial charge in [0.15, 0.2) is 0 Å². The lowest BCUT2D eigenvalue weighted by molar-refractivity contribution is 0.0251. The molecule has 0 fully saturated rings. The fourth-order valence-corrected chi connectivity index (χ4v) is 1.57. The van der Waals surface area contributed by atoms with Crippen molar-refractivity contribution in [2.45, 2.75) is 59.5 Å². The van der Waals surface area contributed by atoms with Gasteiger partial charge in [-0.2, -0.15) is 0 Å². The number of aliphatic hydroxyl groups is 1. The van der Waals surface area contributed by atoms with Gasteiger partial charge in [0, 0.05) is 13.1 Å². The van der Waals surface area contributed by atoms with Gasteiger partial charge in [-0.3, -0.25) is 0 Å². The first-order valence-electron chi connectivity index (χ1n) is 8.39. The molecule has 0 aromatic rings. The third-order valence-electron chi connectivity index (χ3n) is 2.64. The van der Waals surface area contributed by atoms with E-state index in [2.05, 4.69) is 13.2 Å². The van der Waals surface area contributed by atoms with Crippen LogP contribution < -0.4 is 0 Å². The van der Waals surface area contributed by atoms with Crippen molar-refractivity contribution >= 4 is 6.09 Å². The Labute approximate surface area is 148 Å². The molecule has 24 heavy (non-hydrogen) atoms. The summed E-state index contributed by atoms with van der Waals surface area (Å²) >= 11 is 0. The first kappa shape index (κ1) is 24.3. The SMILES string of the molecule is C=CC.C=CCCN(CCC/C=C\C(O)=C/C)C(=O)OC(C)(C)C. The molecule has 0 aliphatic carbocycles. The number of carbonyl (C=O) groups is 1. The molecule has 0 aliphatic heterocycles. The normalized spacial score (nSPS) is 11.5. The minimum absolute atomic E-state index is 0.255. The summed E-state index contributed by atoms with van der Waals surface area (Å²) < 4.78 is 5.40. The zero-order valence-corrected chi connectivity index (χ0v) is 16.0. The van der Waals surface area contributed by atoms with Crippen LogP contribution in [0.1, 0.15) is 53.9 Å². The summed E-state index contributed by atoms with van der Waals surface area (Å²) in [6.07, 6.45) is 10.8. The maximum Gasteiger partial charge on any atom is 0.410 e. The van der Waals surface area contributed by atoms with E-state index in [0.717, 1.165) is 19.3 Å². The molecule has 0 aromatic heterocycles. The predicted molar refractivity (Wildman–Crippen MR) is 103 cm³/mol. The van der Waals surface area contributed by atoms with Crippen molar-refractivity contribution in [3.63, 3.8) is 0 Å². The molecule has 0 heterocycles. The third kappa shape index (κ3) is 16.4. The van der Waals surface area contributed by atoms with Gasteiger partial charge in [-0.1, -0.05) is 18.2 Å². The molecule has 0 aliphatic rings. The fourth-order valence-electron chi connectivity index (χ4n) is 1.57. The van der Waals surface area contributed by atoms with Gasteiger partial charge in [0.05, 0.1) is 0 Å². The van der Waals surface area contributed by atoms with Gasteiger partial charge in [-0.15, -0.1) is 13.2 Å². The van der Waals surface area contributed by atoms with Gasteiger partial charge in [0.1, 0.15) is 11.4 Å². The highest BCUT2D eigenvalue weighted by Crippen LogP contribution is 2.11. The summed E-state index contributed by atoms with van der Waals surface area (Å²) in [4.78, 5) is 13.8. The van der Waals surface area contributed by atoms with Crippen LogP contribution in [0.4, 0.5) is 4.79 Å². The zero-order valence-electron chi connectivity index (χ0n) is 16.0. The second-order valence-corrected chi connectivity index (χ2v) is 6.21. The topological polar surface area (TPSA) is 49.8 Å². The van der Waals surface area contributed by atoms with Gasteiger partial charge in [0.2, 0.25) is 0 Å². The first-order valence-corrected chi connectivity index (χ1v) is 8.39. The minimum atomic E-state index is -0.485. The van der Waals surface area contributed by atoms with Crippen molar-refractivity contribution in [2.75, 3.05) is 13.1 Å². The Balaban J connectivity index is 0. The summed E-state index contributed by atoms with van der Waals surface area (Å²) in [7, 11) is 0. The molecule has 1 amide bonds. The second kappa shape index (κ2) is 14.6. The van der Waals surface area contributed by atoms with Crippen molar-refractivity contribution in [1.82, 2.24) is 4.90 Å². The Hall–Kier alpha value is -1.97. The number of amides is 1. The van der Waals surface area contributed by atoms with Crippen molar-refractivity contribution in [2.24, 2.45) is 0 Å². The average molecular weight is 338 g/mol. The number of unbranched alkanes of at least 4 members (excludes halogenated alkanes) is 1. The molecule has 0 radical (unpaired) electrons. The van der Waals surface area contributed by atoms with Gasteiger partial charge >= 0.3 is 6.09 Å². The number of ether oxygens (including phenoxy) is 1. The highest BCUT2D eigenvalue weighted by molar-refractivity contribution is 5.68. The van der Waals surface area contributed by atoms with Crippen LogP contribution in [0.3, 0.4) is 0 Å². The second-order valence-electron chi connectivity index (χ2n) is 6.21. The molecule has 138 valence electrons. The molecule has 0 atom stereocenters. The maximum absolute atomic E-state index is 12.1. The summed E-state index contributed by atoms with van der Waals surface area (Å²) in [5.74, 6) is 0.255. The van der Waals surface area contributed by atoms with Crippen LogP contribution in [0.5, 0.6) is 0 Å². The van der Waals surface area contributed by atoms with E-state index < -0.39 is 5.60 Å². The summed E-state index contributed by atoms with van der Waals surface area (Å²) in [6.45, 7) is 17.5. The molecule has 0 spiro atoms. The molecule has 0 rings (SSSR count). The molecule has 1 N–H and O–H groups in total. The first-order chi connectivity index (χ1) is 11.2. The minimum Gasteiger partial charge on any atom is -0.508 e. The summed E-state index contributed by atoms with van der Waals surface area (Å²) in [5, 5.41) is 9.28. The lowest BCUT2D eigenvalue weighted by atomic mass is 10.2. The van der Waals surface area contributed by atoms with Gasteiger partial charge in [0.25, 0.3) is 0 Å². The maximum atomic E-state index is 12.1. The van der Waals surface area contributed by atoms with Crippen molar-refractivity contribution in [3.05, 3.63) is 49.3 Å². The van der Waals surface area contributed by atoms with E-state index in [-0.39, 0.29) is 11.9 Å². The van der Waals surface area contributed by atoms with E-state index in [1.54, 1.807) is 36.1 Å². The highest BCUT2D eigenvalue weighted by atomic mass is 16.6. The lowest BCUT2D eigenvalue weighted by Crippen LogP contribution is -2.37. The molecule has 0 aromatic carbocycles. The number of carbonyl (C=O) groups excluding carboxylic acids is 1. The Morgan fingerprint density at radius 1 is 1.17 bits per heavy atom. The van der Waals surface area contributed by atoms with Crippen LogP contribution in [0.25, 0.3) is 0 Å². The zero-order chi connectivity index (χ0) is 19.0. The number of hydrogen-bond acceptors (Lipinski definition) is 3. The van der Waals surface area contributed by atoms with E-state index in [4.69, 9.17) is 4.74 Å². The van der Waals surface area contributed by atoms with E-state index >= 15 is 0 Å². The molecule has 4 nitrogen and oxygen atoms in total. The van der Waals surface area contributed by atoms with Crippen molar-refractivity contribution < 1.29 is 14.6 Å². The molecule has 4 heteroatoms. The van der Waals surface area contributed by atoms with E-state index in [0.29, 0.717) is 13.1 Å². The average Bonchev–Trinajstić information content (AvgIpc) is 2.48. The number of aliphatic hydroxyl groups excluding tert-OH is 1. The quantitative estimate of drug-likeness (QED) is 0.264. The molecule has 0 saturated heterocycles. The van der Waals surface area contributed by atoms with E-state index in [1.807, 2.05) is 33.8 Å². The Kier molecular flexibility index (Phi) is 14.8. The van der Waals surface area contributed by atoms with Gasteiger partial charge < -0.3 is 14.7 Å². The summed E-state index contributed by atoms with van der Waals surface area (Å²) in [6, 6.07) is 0. The standard InChI is InChI=1S/C17H29NO3.C3H6/c1-6-8-13-18(16(20)21-17(3,4)5)14-11-9-10-12-15(19)7-2;1-3-2/h6-7,10,12,19H,1,8-9,11,13-14H2,2-5H3;3H,1H2,2H3/b12-10-,15-7+;. The van der Waals surface area contributed by atoms with Crippen LogP contribution >= 0.6 is 0 Å². The number of allylic oxidation sites excluding steroid dienone is 4. The Morgan fingerprint density at radius 3 is 2.21 bits per heavy atom. The monoisotopic (exact) mass is 337 g/mol. The van der Waals surface area contributed by atoms with Crippen LogP contribution in [0, 0.1) is 0 Å². The number of rotatable bonds is 8. The summed E-state index contributed by atoms with van der Waals surface area (Å²) in [5.41, 5.74) is -0.485. The predicted octanol–water partition coefficient (Wildman–Crippen LogP) is 5.79. The molecular formula is C20H35NO3. The van der Waals surface area contributed by atoms with Crippen LogP contribution in [0.15, 0.2) is 49.3 Å². The smallest absolute Gasteiger partial charge is 0.410 e. The largest absolute Gasteiger partial charge is 0.508 e. The van der Waals surface area contributed by atoms with Crippen molar-refractivity contribution in [1.29, 1.82) is 0 Å². The third-order valence-corrected chi connectivity index (χ3v) is 2.64. The Bertz CT molecular complexity index is 417. The Morgan fingerprint density at radius 2 is 1.75 bits per heavy atom. The number of nitrogens with zero attached hydrogens (tertiary/aromatic N) is 1. The van der Waals surface area contributed by atoms with Crippen LogP contribution in [-0.2, 0) is 4.74 Å². The molecule has 0 saturated carbocycles. The van der Waals surface area contributed by atoms with Crippen LogP contribution in [-0.4, -0.2) is 34.8 Å². The van der Waals surface area contributed by atoms with Crippen LogP contribution in [0.2, 0.25) is 0 Å². The lowest BCUT2D eigenvalue weighted by Gasteiger charge is -2.27. The highest BCUT2D eigenvalue weighted by Gasteiger charge is 2.21. The fraction of sp³-hybridized carbons (Fsp3) is 0.550. The van der Waals surface area contributed by atoms with E-state index in [1.165, 1.54) is 0 Å². The molecule has 0 bridgehead atoms. The van der Waals surface area contributed by atoms with Gasteiger partial charge in [-0.25, -0.2) is 4.79 Å². The molecule has 0 unspecified atom stereocenters.